The summed E-state index contributed by atoms with van der Waals surface area (Å²) in [5.74, 6) is 0.942. The predicted octanol–water partition coefficient (Wildman–Crippen LogP) is 4.82. The molecule has 3 heteroatoms. The van der Waals surface area contributed by atoms with Crippen LogP contribution in [0, 0.1) is 0 Å². The van der Waals surface area contributed by atoms with Crippen LogP contribution in [-0.2, 0) is 4.79 Å². The van der Waals surface area contributed by atoms with E-state index in [0.717, 1.165) is 23.3 Å². The van der Waals surface area contributed by atoms with E-state index >= 15 is 0 Å². The van der Waals surface area contributed by atoms with Crippen molar-refractivity contribution in [2.45, 2.75) is 24.3 Å². The van der Waals surface area contributed by atoms with Crippen molar-refractivity contribution < 1.29 is 9.53 Å². The zero-order valence-electron chi connectivity index (χ0n) is 15.3. The highest BCUT2D eigenvalue weighted by atomic mass is 16.5. The number of methoxy groups -OCH3 is 1. The Hall–Kier alpha value is -3.07. The average molecular weight is 357 g/mol. The fourth-order valence-electron chi connectivity index (χ4n) is 3.98. The fourth-order valence-corrected chi connectivity index (χ4v) is 3.98. The van der Waals surface area contributed by atoms with Crippen LogP contribution in [0.15, 0.2) is 84.9 Å². The highest BCUT2D eigenvalue weighted by Gasteiger charge is 2.37. The van der Waals surface area contributed by atoms with Crippen molar-refractivity contribution in [1.82, 2.24) is 5.32 Å². The molecule has 1 fully saturated rings. The SMILES string of the molecule is COc1ccc(C2CC(c3ccccc3)C(c3ccccc3)NC2=O)cc1. The number of carbonyl (C=O) groups is 1. The normalized spacial score (nSPS) is 22.1. The van der Waals surface area contributed by atoms with E-state index < -0.39 is 0 Å². The monoisotopic (exact) mass is 357 g/mol. The number of rotatable bonds is 4. The summed E-state index contributed by atoms with van der Waals surface area (Å²) in [7, 11) is 1.65. The first kappa shape index (κ1) is 17.3. The van der Waals surface area contributed by atoms with Crippen LogP contribution in [0.2, 0.25) is 0 Å². The lowest BCUT2D eigenvalue weighted by atomic mass is 9.75. The molecule has 3 unspecified atom stereocenters. The van der Waals surface area contributed by atoms with Crippen molar-refractivity contribution in [3.8, 4) is 5.75 Å². The number of carbonyl (C=O) groups excluding carboxylic acids is 1. The summed E-state index contributed by atoms with van der Waals surface area (Å²) >= 11 is 0. The first-order chi connectivity index (χ1) is 13.3. The minimum Gasteiger partial charge on any atom is -0.497 e. The molecule has 1 N–H and O–H groups in total. The number of hydrogen-bond donors (Lipinski definition) is 1. The maximum Gasteiger partial charge on any atom is 0.228 e. The molecule has 3 aromatic rings. The Morgan fingerprint density at radius 1 is 0.778 bits per heavy atom. The third kappa shape index (κ3) is 3.59. The molecule has 1 saturated heterocycles. The summed E-state index contributed by atoms with van der Waals surface area (Å²) in [5, 5.41) is 3.29. The van der Waals surface area contributed by atoms with Crippen LogP contribution in [0.5, 0.6) is 5.75 Å². The van der Waals surface area contributed by atoms with E-state index in [-0.39, 0.29) is 23.8 Å². The summed E-state index contributed by atoms with van der Waals surface area (Å²) < 4.78 is 5.25. The second kappa shape index (κ2) is 7.67. The van der Waals surface area contributed by atoms with Gasteiger partial charge in [0.25, 0.3) is 0 Å². The van der Waals surface area contributed by atoms with Gasteiger partial charge in [0.15, 0.2) is 0 Å². The van der Waals surface area contributed by atoms with Gasteiger partial charge in [0, 0.05) is 5.92 Å². The number of nitrogens with one attached hydrogen (secondary N) is 1. The molecule has 4 rings (SSSR count). The molecule has 3 atom stereocenters. The van der Waals surface area contributed by atoms with Crippen LogP contribution in [0.25, 0.3) is 0 Å². The third-order valence-corrected chi connectivity index (χ3v) is 5.41. The van der Waals surface area contributed by atoms with Crippen LogP contribution in [-0.4, -0.2) is 13.0 Å². The number of hydrogen-bond acceptors (Lipinski definition) is 2. The highest BCUT2D eigenvalue weighted by molar-refractivity contribution is 5.85. The average Bonchev–Trinajstić information content (AvgIpc) is 2.75. The molecule has 0 aromatic heterocycles. The molecule has 1 heterocycles. The molecule has 1 amide bonds. The molecule has 0 radical (unpaired) electrons. The minimum absolute atomic E-state index is 0.0180. The van der Waals surface area contributed by atoms with Crippen LogP contribution >= 0.6 is 0 Å². The molecule has 0 bridgehead atoms. The van der Waals surface area contributed by atoms with Gasteiger partial charge in [0.05, 0.1) is 19.1 Å². The van der Waals surface area contributed by atoms with Crippen LogP contribution < -0.4 is 10.1 Å². The molecule has 3 nitrogen and oxygen atoms in total. The van der Waals surface area contributed by atoms with E-state index in [1.165, 1.54) is 5.56 Å². The zero-order chi connectivity index (χ0) is 18.6. The Morgan fingerprint density at radius 2 is 1.37 bits per heavy atom. The first-order valence-electron chi connectivity index (χ1n) is 9.30. The number of ether oxygens (including phenoxy) is 1. The van der Waals surface area contributed by atoms with E-state index in [2.05, 4.69) is 41.7 Å². The van der Waals surface area contributed by atoms with E-state index in [9.17, 15) is 4.79 Å². The Bertz CT molecular complexity index is 891. The lowest BCUT2D eigenvalue weighted by Gasteiger charge is -2.37. The summed E-state index contributed by atoms with van der Waals surface area (Å²) in [6.45, 7) is 0. The van der Waals surface area contributed by atoms with E-state index in [1.54, 1.807) is 7.11 Å². The Balaban J connectivity index is 1.69. The topological polar surface area (TPSA) is 38.3 Å². The smallest absolute Gasteiger partial charge is 0.228 e. The lowest BCUT2D eigenvalue weighted by molar-refractivity contribution is -0.125. The van der Waals surface area contributed by atoms with Crippen molar-refractivity contribution in [1.29, 1.82) is 0 Å². The lowest BCUT2D eigenvalue weighted by Crippen LogP contribution is -2.42. The zero-order valence-corrected chi connectivity index (χ0v) is 15.3. The van der Waals surface area contributed by atoms with Crippen molar-refractivity contribution in [3.63, 3.8) is 0 Å². The van der Waals surface area contributed by atoms with Gasteiger partial charge in [-0.3, -0.25) is 4.79 Å². The van der Waals surface area contributed by atoms with Gasteiger partial charge in [0.2, 0.25) is 5.91 Å². The van der Waals surface area contributed by atoms with Gasteiger partial charge in [-0.2, -0.15) is 0 Å². The van der Waals surface area contributed by atoms with Gasteiger partial charge in [-0.1, -0.05) is 72.8 Å². The van der Waals surface area contributed by atoms with Gasteiger partial charge < -0.3 is 10.1 Å². The summed E-state index contributed by atoms with van der Waals surface area (Å²) in [6, 6.07) is 28.5. The molecular weight excluding hydrogens is 334 g/mol. The molecule has 1 aliphatic heterocycles. The number of amides is 1. The molecule has 1 aliphatic rings. The van der Waals surface area contributed by atoms with Gasteiger partial charge in [-0.15, -0.1) is 0 Å². The van der Waals surface area contributed by atoms with Crippen molar-refractivity contribution in [2.75, 3.05) is 7.11 Å². The number of benzene rings is 3. The Labute approximate surface area is 160 Å². The van der Waals surface area contributed by atoms with Crippen molar-refractivity contribution in [3.05, 3.63) is 102 Å². The summed E-state index contributed by atoms with van der Waals surface area (Å²) in [4.78, 5) is 13.0. The Kier molecular flexibility index (Phi) is 4.93. The van der Waals surface area contributed by atoms with E-state index in [0.29, 0.717) is 0 Å². The standard InChI is InChI=1S/C24H23NO2/c1-27-20-14-12-18(13-15-20)22-16-21(17-8-4-2-5-9-17)23(25-24(22)26)19-10-6-3-7-11-19/h2-15,21-23H,16H2,1H3,(H,25,26). The molecule has 0 spiro atoms. The molecule has 27 heavy (non-hydrogen) atoms. The molecule has 0 saturated carbocycles. The van der Waals surface area contributed by atoms with Gasteiger partial charge in [-0.05, 0) is 35.2 Å². The second-order valence-electron chi connectivity index (χ2n) is 6.98. The maximum absolute atomic E-state index is 13.0. The van der Waals surface area contributed by atoms with E-state index in [1.807, 2.05) is 48.5 Å². The minimum atomic E-state index is -0.166. The van der Waals surface area contributed by atoms with Crippen LogP contribution in [0.1, 0.15) is 41.0 Å². The van der Waals surface area contributed by atoms with Crippen molar-refractivity contribution in [2.24, 2.45) is 0 Å². The molecule has 0 aliphatic carbocycles. The highest BCUT2D eigenvalue weighted by Crippen LogP contribution is 2.43. The largest absolute Gasteiger partial charge is 0.497 e. The quantitative estimate of drug-likeness (QED) is 0.727. The van der Waals surface area contributed by atoms with Gasteiger partial charge >= 0.3 is 0 Å². The summed E-state index contributed by atoms with van der Waals surface area (Å²) in [6.07, 6.45) is 0.780. The second-order valence-corrected chi connectivity index (χ2v) is 6.98. The predicted molar refractivity (Wildman–Crippen MR) is 107 cm³/mol. The molecule has 136 valence electrons. The number of piperidine rings is 1. The van der Waals surface area contributed by atoms with E-state index in [4.69, 9.17) is 4.74 Å². The van der Waals surface area contributed by atoms with Gasteiger partial charge in [0.1, 0.15) is 5.75 Å². The molecule has 3 aromatic carbocycles. The van der Waals surface area contributed by atoms with Crippen molar-refractivity contribution >= 4 is 5.91 Å². The molecular formula is C24H23NO2. The van der Waals surface area contributed by atoms with Crippen LogP contribution in [0.3, 0.4) is 0 Å². The van der Waals surface area contributed by atoms with Gasteiger partial charge in [-0.25, -0.2) is 0 Å². The maximum atomic E-state index is 13.0. The third-order valence-electron chi connectivity index (χ3n) is 5.41. The Morgan fingerprint density at radius 3 is 1.96 bits per heavy atom. The van der Waals surface area contributed by atoms with Crippen LogP contribution in [0.4, 0.5) is 0 Å². The summed E-state index contributed by atoms with van der Waals surface area (Å²) in [5.41, 5.74) is 3.43. The fraction of sp³-hybridized carbons (Fsp3) is 0.208. The first-order valence-corrected chi connectivity index (χ1v) is 9.30.